The SMILES string of the molecule is CC(=O)OC[C@]12CC[C@H](OC(C)=O)C[C@@]1(O)CC[C@@H]1[C@@H]2CC[C@]2(C)[C@@H](C(=O)COC(=O)CI)CC[C@]12O. The van der Waals surface area contributed by atoms with Gasteiger partial charge in [0.1, 0.15) is 12.7 Å². The summed E-state index contributed by atoms with van der Waals surface area (Å²) in [6, 6.07) is 0. The average Bonchev–Trinajstić information content (AvgIpc) is 3.11. The van der Waals surface area contributed by atoms with Gasteiger partial charge >= 0.3 is 17.9 Å². The number of alkyl halides is 1. The molecular weight excluding hydrogens is 595 g/mol. The Morgan fingerprint density at radius 1 is 0.892 bits per heavy atom. The predicted octanol–water partition coefficient (Wildman–Crippen LogP) is 2.90. The van der Waals surface area contributed by atoms with E-state index < -0.39 is 46.0 Å². The number of esters is 3. The third-order valence-corrected chi connectivity index (χ3v) is 11.0. The van der Waals surface area contributed by atoms with Crippen molar-refractivity contribution in [2.75, 3.05) is 17.6 Å². The lowest BCUT2D eigenvalue weighted by atomic mass is 9.41. The van der Waals surface area contributed by atoms with Crippen LogP contribution in [0.15, 0.2) is 0 Å². The maximum absolute atomic E-state index is 13.1. The van der Waals surface area contributed by atoms with Gasteiger partial charge in [0, 0.05) is 37.0 Å². The second-order valence-corrected chi connectivity index (χ2v) is 12.7. The van der Waals surface area contributed by atoms with Crippen molar-refractivity contribution in [3.05, 3.63) is 0 Å². The van der Waals surface area contributed by atoms with Crippen LogP contribution in [0.4, 0.5) is 0 Å². The molecule has 0 radical (unpaired) electrons. The van der Waals surface area contributed by atoms with E-state index in [0.717, 1.165) is 0 Å². The van der Waals surface area contributed by atoms with Crippen LogP contribution in [-0.4, -0.2) is 68.9 Å². The number of hydrogen-bond acceptors (Lipinski definition) is 9. The zero-order chi connectivity index (χ0) is 27.2. The molecule has 0 saturated heterocycles. The summed E-state index contributed by atoms with van der Waals surface area (Å²) in [7, 11) is 0. The minimum atomic E-state index is -1.20. The van der Waals surface area contributed by atoms with Gasteiger partial charge in [-0.05, 0) is 63.2 Å². The Labute approximate surface area is 231 Å². The number of aliphatic hydroxyl groups is 2. The first-order valence-electron chi connectivity index (χ1n) is 13.3. The summed E-state index contributed by atoms with van der Waals surface area (Å²) in [5.74, 6) is -2.10. The highest BCUT2D eigenvalue weighted by Gasteiger charge is 2.72. The quantitative estimate of drug-likeness (QED) is 0.188. The van der Waals surface area contributed by atoms with Crippen LogP contribution in [0.25, 0.3) is 0 Å². The van der Waals surface area contributed by atoms with Crippen LogP contribution in [0.2, 0.25) is 0 Å². The maximum Gasteiger partial charge on any atom is 0.316 e. The van der Waals surface area contributed by atoms with Gasteiger partial charge in [-0.2, -0.15) is 0 Å². The molecule has 4 aliphatic rings. The third-order valence-electron chi connectivity index (χ3n) is 10.4. The van der Waals surface area contributed by atoms with Crippen molar-refractivity contribution >= 4 is 46.3 Å². The number of hydrogen-bond donors (Lipinski definition) is 2. The van der Waals surface area contributed by atoms with Gasteiger partial charge in [-0.1, -0.05) is 29.5 Å². The molecule has 0 amide bonds. The molecule has 4 saturated carbocycles. The standard InChI is InChI=1S/C27H39IO9/c1-16(29)36-15-25-9-4-18(37-17(2)30)12-26(25,33)10-6-20-19(25)5-8-24(3)21(7-11-27(20,24)34)22(31)14-35-23(32)13-28/h18-21,33-34H,4-15H2,1-3H3/t18-,19-,20+,21+,24+,25-,26-,27-/m0/s1. The molecule has 37 heavy (non-hydrogen) atoms. The molecule has 4 fully saturated rings. The molecule has 0 unspecified atom stereocenters. The van der Waals surface area contributed by atoms with E-state index >= 15 is 0 Å². The van der Waals surface area contributed by atoms with Gasteiger partial charge in [-0.25, -0.2) is 0 Å². The van der Waals surface area contributed by atoms with Gasteiger partial charge < -0.3 is 24.4 Å². The number of carbonyl (C=O) groups is 4. The second kappa shape index (κ2) is 10.4. The van der Waals surface area contributed by atoms with Gasteiger partial charge in [0.15, 0.2) is 5.78 Å². The summed E-state index contributed by atoms with van der Waals surface area (Å²) in [4.78, 5) is 48.3. The van der Waals surface area contributed by atoms with Crippen LogP contribution in [0, 0.1) is 28.6 Å². The van der Waals surface area contributed by atoms with E-state index in [1.807, 2.05) is 29.5 Å². The van der Waals surface area contributed by atoms with E-state index in [4.69, 9.17) is 14.2 Å². The topological polar surface area (TPSA) is 136 Å². The lowest BCUT2D eigenvalue weighted by Gasteiger charge is -2.66. The van der Waals surface area contributed by atoms with Crippen molar-refractivity contribution in [1.82, 2.24) is 0 Å². The molecule has 0 aromatic heterocycles. The maximum atomic E-state index is 13.1. The normalized spacial score (nSPS) is 42.5. The average molecular weight is 635 g/mol. The zero-order valence-corrected chi connectivity index (χ0v) is 24.1. The molecule has 2 N–H and O–H groups in total. The number of fused-ring (bicyclic) bond motifs is 5. The summed E-state index contributed by atoms with van der Waals surface area (Å²) in [6.07, 6.45) is 4.10. The number of rotatable bonds is 7. The minimum absolute atomic E-state index is 0.0498. The first-order valence-corrected chi connectivity index (χ1v) is 14.8. The Morgan fingerprint density at radius 3 is 2.24 bits per heavy atom. The fraction of sp³-hybridized carbons (Fsp3) is 0.852. The third kappa shape index (κ3) is 4.73. The van der Waals surface area contributed by atoms with Crippen LogP contribution in [-0.2, 0) is 33.4 Å². The molecule has 0 aromatic rings. The van der Waals surface area contributed by atoms with E-state index in [9.17, 15) is 29.4 Å². The van der Waals surface area contributed by atoms with Gasteiger partial charge in [0.25, 0.3) is 0 Å². The van der Waals surface area contributed by atoms with Crippen molar-refractivity contribution in [3.63, 3.8) is 0 Å². The molecular formula is C27H39IO9. The number of ether oxygens (including phenoxy) is 3. The molecule has 0 aromatic carbocycles. The molecule has 0 spiro atoms. The van der Waals surface area contributed by atoms with Crippen LogP contribution in [0.1, 0.15) is 78.6 Å². The molecule has 208 valence electrons. The summed E-state index contributed by atoms with van der Waals surface area (Å²) in [5, 5.41) is 24.4. The zero-order valence-electron chi connectivity index (χ0n) is 21.9. The lowest BCUT2D eigenvalue weighted by Crippen LogP contribution is -2.69. The fourth-order valence-electron chi connectivity index (χ4n) is 8.66. The molecule has 8 atom stereocenters. The molecule has 10 heteroatoms. The molecule has 0 heterocycles. The van der Waals surface area contributed by atoms with Crippen molar-refractivity contribution < 1.29 is 43.6 Å². The Balaban J connectivity index is 1.63. The van der Waals surface area contributed by atoms with Gasteiger partial charge in [0.05, 0.1) is 22.2 Å². The van der Waals surface area contributed by atoms with E-state index in [1.54, 1.807) is 0 Å². The monoisotopic (exact) mass is 634 g/mol. The Morgan fingerprint density at radius 2 is 1.59 bits per heavy atom. The largest absolute Gasteiger partial charge is 0.465 e. The molecule has 9 nitrogen and oxygen atoms in total. The minimum Gasteiger partial charge on any atom is -0.465 e. The van der Waals surface area contributed by atoms with Gasteiger partial charge in [0.2, 0.25) is 0 Å². The number of ketones is 1. The highest BCUT2D eigenvalue weighted by molar-refractivity contribution is 14.1. The number of carbonyl (C=O) groups excluding carboxylic acids is 4. The van der Waals surface area contributed by atoms with E-state index in [2.05, 4.69) is 0 Å². The first-order chi connectivity index (χ1) is 17.3. The van der Waals surface area contributed by atoms with E-state index in [-0.39, 0.29) is 47.7 Å². The molecule has 4 rings (SSSR count). The fourth-order valence-corrected chi connectivity index (χ4v) is 8.88. The van der Waals surface area contributed by atoms with Crippen molar-refractivity contribution in [2.45, 2.75) is 95.9 Å². The summed E-state index contributed by atoms with van der Waals surface area (Å²) >= 11 is 1.90. The van der Waals surface area contributed by atoms with Gasteiger partial charge in [-0.15, -0.1) is 0 Å². The smallest absolute Gasteiger partial charge is 0.316 e. The first kappa shape index (κ1) is 28.7. The van der Waals surface area contributed by atoms with Crippen LogP contribution in [0.5, 0.6) is 0 Å². The van der Waals surface area contributed by atoms with Crippen LogP contribution < -0.4 is 0 Å². The van der Waals surface area contributed by atoms with Crippen LogP contribution in [0.3, 0.4) is 0 Å². The van der Waals surface area contributed by atoms with Crippen molar-refractivity contribution in [1.29, 1.82) is 0 Å². The van der Waals surface area contributed by atoms with Crippen LogP contribution >= 0.6 is 22.6 Å². The second-order valence-electron chi connectivity index (χ2n) is 11.9. The molecule has 4 aliphatic carbocycles. The summed E-state index contributed by atoms with van der Waals surface area (Å²) < 4.78 is 16.3. The number of Topliss-reactive ketones (excluding diaryl/α,β-unsaturated/α-hetero) is 1. The Hall–Kier alpha value is -1.27. The lowest BCUT2D eigenvalue weighted by molar-refractivity contribution is -0.272. The highest BCUT2D eigenvalue weighted by Crippen LogP contribution is 2.70. The highest BCUT2D eigenvalue weighted by atomic mass is 127. The van der Waals surface area contributed by atoms with Crippen molar-refractivity contribution in [2.24, 2.45) is 28.6 Å². The summed E-state index contributed by atoms with van der Waals surface area (Å²) in [6.45, 7) is 4.47. The van der Waals surface area contributed by atoms with E-state index in [1.165, 1.54) is 13.8 Å². The Kier molecular flexibility index (Phi) is 8.05. The molecule has 0 bridgehead atoms. The van der Waals surface area contributed by atoms with Gasteiger partial charge in [-0.3, -0.25) is 19.2 Å². The number of halogens is 1. The van der Waals surface area contributed by atoms with Crippen molar-refractivity contribution in [3.8, 4) is 0 Å². The van der Waals surface area contributed by atoms with E-state index in [0.29, 0.717) is 51.4 Å². The summed E-state index contributed by atoms with van der Waals surface area (Å²) in [5.41, 5.74) is -3.77. The predicted molar refractivity (Wildman–Crippen MR) is 140 cm³/mol. The molecule has 0 aliphatic heterocycles. The Bertz CT molecular complexity index is 954.